The number of nitrogens with one attached hydrogen (secondary N) is 2. The predicted octanol–water partition coefficient (Wildman–Crippen LogP) is 2.97. The molecule has 0 spiro atoms. The maximum absolute atomic E-state index is 5.63. The minimum Gasteiger partial charge on any atom is -0.382 e. The summed E-state index contributed by atoms with van der Waals surface area (Å²) in [6.07, 6.45) is 12.2. The van der Waals surface area contributed by atoms with Gasteiger partial charge in [-0.2, -0.15) is 0 Å². The van der Waals surface area contributed by atoms with Crippen LogP contribution in [0.5, 0.6) is 0 Å². The van der Waals surface area contributed by atoms with Gasteiger partial charge in [0.05, 0.1) is 35.8 Å². The van der Waals surface area contributed by atoms with E-state index in [9.17, 15) is 0 Å². The van der Waals surface area contributed by atoms with Crippen LogP contribution in [0.3, 0.4) is 0 Å². The Morgan fingerprint density at radius 2 is 2.04 bits per heavy atom. The number of imidazole rings is 1. The minimum absolute atomic E-state index is 0.341. The fourth-order valence-electron chi connectivity index (χ4n) is 4.39. The summed E-state index contributed by atoms with van der Waals surface area (Å²) in [6.45, 7) is 2.26. The van der Waals surface area contributed by atoms with Crippen molar-refractivity contribution in [3.8, 4) is 0 Å². The van der Waals surface area contributed by atoms with E-state index in [1.54, 1.807) is 12.4 Å². The summed E-state index contributed by atoms with van der Waals surface area (Å²) in [5, 5.41) is 3.52. The molecule has 138 valence electrons. The Balaban J connectivity index is 1.48. The number of nitrogen functional groups attached to an aromatic ring is 1. The highest BCUT2D eigenvalue weighted by Gasteiger charge is 2.37. The van der Waals surface area contributed by atoms with Crippen molar-refractivity contribution in [2.75, 3.05) is 11.1 Å². The summed E-state index contributed by atoms with van der Waals surface area (Å²) in [6, 6.07) is 2.41. The molecule has 1 aliphatic carbocycles. The Labute approximate surface area is 156 Å². The second-order valence-corrected chi connectivity index (χ2v) is 7.26. The Morgan fingerprint density at radius 1 is 1.15 bits per heavy atom. The molecule has 4 aromatic rings. The lowest BCUT2D eigenvalue weighted by molar-refractivity contribution is 0.452. The van der Waals surface area contributed by atoms with Crippen molar-refractivity contribution in [2.45, 2.75) is 38.1 Å². The van der Waals surface area contributed by atoms with E-state index in [-0.39, 0.29) is 0 Å². The molecular formula is C19H22N8. The number of aromatic amines is 1. The summed E-state index contributed by atoms with van der Waals surface area (Å²) in [4.78, 5) is 20.9. The maximum Gasteiger partial charge on any atom is 0.154 e. The molecular weight excluding hydrogens is 340 g/mol. The number of hydrogen-bond donors (Lipinski definition) is 3. The number of nitrogens with two attached hydrogens (primary N) is 1. The monoisotopic (exact) mass is 362 g/mol. The van der Waals surface area contributed by atoms with E-state index >= 15 is 0 Å². The van der Waals surface area contributed by atoms with Crippen molar-refractivity contribution in [1.82, 2.24) is 29.3 Å². The van der Waals surface area contributed by atoms with E-state index in [4.69, 9.17) is 10.7 Å². The first-order chi connectivity index (χ1) is 13.2. The summed E-state index contributed by atoms with van der Waals surface area (Å²) in [5.74, 6) is 3.28. The van der Waals surface area contributed by atoms with E-state index in [0.29, 0.717) is 23.7 Å². The molecule has 1 saturated carbocycles. The van der Waals surface area contributed by atoms with Crippen molar-refractivity contribution in [3.63, 3.8) is 0 Å². The smallest absolute Gasteiger partial charge is 0.154 e. The molecule has 27 heavy (non-hydrogen) atoms. The van der Waals surface area contributed by atoms with Crippen molar-refractivity contribution in [2.24, 2.45) is 5.92 Å². The Kier molecular flexibility index (Phi) is 3.70. The molecule has 8 heteroatoms. The second-order valence-electron chi connectivity index (χ2n) is 7.26. The zero-order valence-electron chi connectivity index (χ0n) is 15.1. The van der Waals surface area contributed by atoms with Gasteiger partial charge in [0.2, 0.25) is 0 Å². The van der Waals surface area contributed by atoms with E-state index in [1.807, 2.05) is 18.6 Å². The number of aromatic nitrogens is 6. The van der Waals surface area contributed by atoms with Gasteiger partial charge in [0.1, 0.15) is 17.5 Å². The predicted molar refractivity (Wildman–Crippen MR) is 104 cm³/mol. The number of H-pyrrole nitrogens is 1. The quantitative estimate of drug-likeness (QED) is 0.515. The van der Waals surface area contributed by atoms with Gasteiger partial charge in [-0.25, -0.2) is 19.9 Å². The standard InChI is InChI=1S/C19H22N8/c1-2-11-5-12(26-17-10-22-16(20)9-23-17)6-14(11)19-25-8-13-7-24-18-15(27(13)19)3-4-21-18/h3-4,7-12,14,21H,2,5-6H2,1H3,(H2,20,22)(H,23,26)/t11-,12+,14+/m1/s1. The molecule has 3 atom stereocenters. The van der Waals surface area contributed by atoms with Crippen molar-refractivity contribution >= 4 is 28.3 Å². The van der Waals surface area contributed by atoms with Gasteiger partial charge in [-0.15, -0.1) is 0 Å². The van der Waals surface area contributed by atoms with Gasteiger partial charge in [-0.05, 0) is 24.8 Å². The molecule has 4 N–H and O–H groups in total. The molecule has 0 aromatic carbocycles. The molecule has 0 radical (unpaired) electrons. The first-order valence-corrected chi connectivity index (χ1v) is 9.36. The van der Waals surface area contributed by atoms with Gasteiger partial charge in [-0.3, -0.25) is 4.40 Å². The van der Waals surface area contributed by atoms with E-state index in [2.05, 4.69) is 42.6 Å². The SMILES string of the molecule is CC[C@@H]1C[C@H](Nc2cnc(N)cn2)C[C@@H]1c1ncc2cnc3[nH]ccc3n12. The summed E-state index contributed by atoms with van der Waals surface area (Å²) in [5.41, 5.74) is 8.64. The van der Waals surface area contributed by atoms with Crippen molar-refractivity contribution in [1.29, 1.82) is 0 Å². The zero-order chi connectivity index (χ0) is 18.4. The lowest BCUT2D eigenvalue weighted by Gasteiger charge is -2.16. The number of anilines is 2. The molecule has 1 aliphatic rings. The molecule has 4 aromatic heterocycles. The van der Waals surface area contributed by atoms with Gasteiger partial charge >= 0.3 is 0 Å². The molecule has 0 aliphatic heterocycles. The Morgan fingerprint density at radius 3 is 2.85 bits per heavy atom. The molecule has 5 rings (SSSR count). The summed E-state index contributed by atoms with van der Waals surface area (Å²) >= 11 is 0. The lowest BCUT2D eigenvalue weighted by atomic mass is 9.93. The third-order valence-electron chi connectivity index (χ3n) is 5.66. The lowest BCUT2D eigenvalue weighted by Crippen LogP contribution is -2.17. The number of fused-ring (bicyclic) bond motifs is 3. The average Bonchev–Trinajstić information content (AvgIpc) is 3.39. The van der Waals surface area contributed by atoms with Gasteiger partial charge in [-0.1, -0.05) is 13.3 Å². The molecule has 1 fully saturated rings. The van der Waals surface area contributed by atoms with Crippen LogP contribution in [0.1, 0.15) is 37.9 Å². The van der Waals surface area contributed by atoms with Gasteiger partial charge in [0.25, 0.3) is 0 Å². The number of rotatable bonds is 4. The molecule has 0 unspecified atom stereocenters. The molecule has 0 saturated heterocycles. The van der Waals surface area contributed by atoms with Gasteiger partial charge in [0.15, 0.2) is 5.65 Å². The zero-order valence-corrected chi connectivity index (χ0v) is 15.1. The van der Waals surface area contributed by atoms with Crippen LogP contribution in [0.25, 0.3) is 16.7 Å². The highest BCUT2D eigenvalue weighted by atomic mass is 15.1. The van der Waals surface area contributed by atoms with E-state index in [1.165, 1.54) is 0 Å². The highest BCUT2D eigenvalue weighted by Crippen LogP contribution is 2.42. The normalized spacial score (nSPS) is 22.6. The van der Waals surface area contributed by atoms with E-state index in [0.717, 1.165) is 47.6 Å². The average molecular weight is 362 g/mol. The Hall–Kier alpha value is -3.16. The van der Waals surface area contributed by atoms with Gasteiger partial charge in [0, 0.05) is 18.2 Å². The third-order valence-corrected chi connectivity index (χ3v) is 5.66. The van der Waals surface area contributed by atoms with Gasteiger partial charge < -0.3 is 16.0 Å². The first-order valence-electron chi connectivity index (χ1n) is 9.36. The molecule has 4 heterocycles. The summed E-state index contributed by atoms with van der Waals surface area (Å²) in [7, 11) is 0. The van der Waals surface area contributed by atoms with Crippen LogP contribution in [0.4, 0.5) is 11.6 Å². The topological polar surface area (TPSA) is 110 Å². The second kappa shape index (κ2) is 6.22. The van der Waals surface area contributed by atoms with Crippen LogP contribution in [0.2, 0.25) is 0 Å². The first kappa shape index (κ1) is 16.0. The highest BCUT2D eigenvalue weighted by molar-refractivity contribution is 5.75. The van der Waals surface area contributed by atoms with Crippen LogP contribution in [-0.2, 0) is 0 Å². The third kappa shape index (κ3) is 2.68. The largest absolute Gasteiger partial charge is 0.382 e. The van der Waals surface area contributed by atoms with Crippen molar-refractivity contribution in [3.05, 3.63) is 42.9 Å². The van der Waals surface area contributed by atoms with Crippen LogP contribution in [0.15, 0.2) is 37.1 Å². The van der Waals surface area contributed by atoms with E-state index < -0.39 is 0 Å². The summed E-state index contributed by atoms with van der Waals surface area (Å²) < 4.78 is 2.25. The number of hydrogen-bond acceptors (Lipinski definition) is 6. The molecule has 0 amide bonds. The Bertz CT molecular complexity index is 1080. The molecule has 8 nitrogen and oxygen atoms in total. The van der Waals surface area contributed by atoms with Crippen LogP contribution < -0.4 is 11.1 Å². The molecule has 0 bridgehead atoms. The fraction of sp³-hybridized carbons (Fsp3) is 0.368. The van der Waals surface area contributed by atoms with Crippen LogP contribution in [-0.4, -0.2) is 35.4 Å². The maximum atomic E-state index is 5.63. The van der Waals surface area contributed by atoms with Crippen molar-refractivity contribution < 1.29 is 0 Å². The van der Waals surface area contributed by atoms with Crippen LogP contribution >= 0.6 is 0 Å². The minimum atomic E-state index is 0.341. The number of nitrogens with zero attached hydrogens (tertiary/aromatic N) is 5. The van der Waals surface area contributed by atoms with Crippen LogP contribution in [0, 0.1) is 5.92 Å². The fourth-order valence-corrected chi connectivity index (χ4v) is 4.39.